The third-order valence-electron chi connectivity index (χ3n) is 5.08. The molecule has 1 heterocycles. The van der Waals surface area contributed by atoms with Crippen LogP contribution in [0.5, 0.6) is 5.88 Å². The summed E-state index contributed by atoms with van der Waals surface area (Å²) in [5.74, 6) is 0.463. The van der Waals surface area contributed by atoms with Crippen molar-refractivity contribution in [3.05, 3.63) is 23.4 Å². The van der Waals surface area contributed by atoms with Crippen LogP contribution in [0.3, 0.4) is 0 Å². The van der Waals surface area contributed by atoms with E-state index in [0.717, 1.165) is 19.3 Å². The number of carbonyl (C=O) groups is 2. The predicted molar refractivity (Wildman–Crippen MR) is 124 cm³/mol. The third kappa shape index (κ3) is 9.57. The van der Waals surface area contributed by atoms with Crippen molar-refractivity contribution in [1.29, 1.82) is 0 Å². The van der Waals surface area contributed by atoms with E-state index < -0.39 is 5.60 Å². The van der Waals surface area contributed by atoms with Gasteiger partial charge in [-0.1, -0.05) is 13.8 Å². The summed E-state index contributed by atoms with van der Waals surface area (Å²) in [4.78, 5) is 31.9. The molecule has 0 aliphatic heterocycles. The minimum Gasteiger partial charge on any atom is -0.475 e. The Balaban J connectivity index is 2.54. The van der Waals surface area contributed by atoms with E-state index in [4.69, 9.17) is 9.47 Å². The highest BCUT2D eigenvalue weighted by atomic mass is 16.6. The highest BCUT2D eigenvalue weighted by Gasteiger charge is 2.24. The molecule has 7 heteroatoms. The van der Waals surface area contributed by atoms with Crippen LogP contribution in [0, 0.1) is 12.3 Å². The molecule has 0 aromatic carbocycles. The molecule has 2 amide bonds. The zero-order chi connectivity index (χ0) is 24.0. The lowest BCUT2D eigenvalue weighted by molar-refractivity contribution is 0.0277. The molecular formula is C24H41N3O4. The SMILES string of the molecule is Cc1nc(OC(C)CCC(C)(C)CCN(C)C(=O)OC(C)(C)C)ccc1C(=O)N(C)C. The van der Waals surface area contributed by atoms with Gasteiger partial charge in [0.1, 0.15) is 5.60 Å². The van der Waals surface area contributed by atoms with Crippen LogP contribution < -0.4 is 4.74 Å². The number of rotatable bonds is 9. The summed E-state index contributed by atoms with van der Waals surface area (Å²) in [6, 6.07) is 3.52. The zero-order valence-corrected chi connectivity index (χ0v) is 21.0. The highest BCUT2D eigenvalue weighted by Crippen LogP contribution is 2.29. The largest absolute Gasteiger partial charge is 0.475 e. The van der Waals surface area contributed by atoms with Crippen molar-refractivity contribution >= 4 is 12.0 Å². The van der Waals surface area contributed by atoms with E-state index in [1.807, 2.05) is 34.6 Å². The normalized spacial score (nSPS) is 12.8. The lowest BCUT2D eigenvalue weighted by Gasteiger charge is -2.30. The molecule has 0 aliphatic carbocycles. The number of hydrogen-bond acceptors (Lipinski definition) is 5. The van der Waals surface area contributed by atoms with E-state index in [0.29, 0.717) is 23.7 Å². The smallest absolute Gasteiger partial charge is 0.410 e. The standard InChI is InChI=1S/C24H41N3O4/c1-17(30-20-12-11-19(18(2)25-20)21(28)26(8)9)13-14-24(6,7)15-16-27(10)22(29)31-23(3,4)5/h11-12,17H,13-16H2,1-10H3. The van der Waals surface area contributed by atoms with E-state index in [-0.39, 0.29) is 23.5 Å². The molecular weight excluding hydrogens is 394 g/mol. The molecule has 0 saturated heterocycles. The molecule has 0 aliphatic rings. The Bertz CT molecular complexity index is 754. The fourth-order valence-electron chi connectivity index (χ4n) is 2.96. The van der Waals surface area contributed by atoms with Gasteiger partial charge in [-0.3, -0.25) is 4.79 Å². The molecule has 0 bridgehead atoms. The molecule has 176 valence electrons. The van der Waals surface area contributed by atoms with Gasteiger partial charge >= 0.3 is 6.09 Å². The maximum atomic E-state index is 12.1. The third-order valence-corrected chi connectivity index (χ3v) is 5.08. The molecule has 7 nitrogen and oxygen atoms in total. The van der Waals surface area contributed by atoms with Gasteiger partial charge in [0.2, 0.25) is 5.88 Å². The monoisotopic (exact) mass is 435 g/mol. The average Bonchev–Trinajstić information content (AvgIpc) is 2.63. The molecule has 0 radical (unpaired) electrons. The molecule has 0 saturated carbocycles. The Morgan fingerprint density at radius 3 is 2.19 bits per heavy atom. The van der Waals surface area contributed by atoms with Crippen molar-refractivity contribution < 1.29 is 19.1 Å². The molecule has 1 aromatic heterocycles. The fourth-order valence-corrected chi connectivity index (χ4v) is 2.96. The summed E-state index contributed by atoms with van der Waals surface area (Å²) < 4.78 is 11.4. The summed E-state index contributed by atoms with van der Waals surface area (Å²) in [6.07, 6.45) is 2.38. The van der Waals surface area contributed by atoms with Gasteiger partial charge in [-0.15, -0.1) is 0 Å². The molecule has 0 N–H and O–H groups in total. The molecule has 0 fully saturated rings. The van der Waals surface area contributed by atoms with Crippen LogP contribution >= 0.6 is 0 Å². The Morgan fingerprint density at radius 1 is 1.06 bits per heavy atom. The second kappa shape index (κ2) is 10.8. The van der Waals surface area contributed by atoms with Crippen LogP contribution in [0.15, 0.2) is 12.1 Å². The van der Waals surface area contributed by atoms with Crippen molar-refractivity contribution in [2.24, 2.45) is 5.41 Å². The number of aryl methyl sites for hydroxylation is 1. The first-order valence-electron chi connectivity index (χ1n) is 10.9. The first-order chi connectivity index (χ1) is 14.1. The number of carbonyl (C=O) groups excluding carboxylic acids is 2. The van der Waals surface area contributed by atoms with E-state index >= 15 is 0 Å². The lowest BCUT2D eigenvalue weighted by Crippen LogP contribution is -2.36. The van der Waals surface area contributed by atoms with Crippen LogP contribution in [0.25, 0.3) is 0 Å². The zero-order valence-electron chi connectivity index (χ0n) is 21.0. The summed E-state index contributed by atoms with van der Waals surface area (Å²) in [7, 11) is 5.22. The Labute approximate surface area is 188 Å². The molecule has 1 rings (SSSR count). The van der Waals surface area contributed by atoms with Crippen LogP contribution in [0.1, 0.15) is 76.9 Å². The first kappa shape index (κ1) is 26.7. The van der Waals surface area contributed by atoms with Crippen molar-refractivity contribution in [3.8, 4) is 5.88 Å². The maximum Gasteiger partial charge on any atom is 0.410 e. The van der Waals surface area contributed by atoms with Gasteiger partial charge in [0.15, 0.2) is 0 Å². The number of nitrogens with zero attached hydrogens (tertiary/aromatic N) is 3. The molecule has 1 aromatic rings. The summed E-state index contributed by atoms with van der Waals surface area (Å²) in [5.41, 5.74) is 0.811. The van der Waals surface area contributed by atoms with Gasteiger partial charge in [-0.2, -0.15) is 0 Å². The van der Waals surface area contributed by atoms with Gasteiger partial charge < -0.3 is 19.3 Å². The second-order valence-electron chi connectivity index (χ2n) is 10.3. The van der Waals surface area contributed by atoms with Gasteiger partial charge in [0.25, 0.3) is 5.91 Å². The number of amides is 2. The van der Waals surface area contributed by atoms with Crippen molar-refractivity contribution in [3.63, 3.8) is 0 Å². The predicted octanol–water partition coefficient (Wildman–Crippen LogP) is 4.92. The second-order valence-corrected chi connectivity index (χ2v) is 10.3. The van der Waals surface area contributed by atoms with E-state index in [2.05, 4.69) is 18.8 Å². The van der Waals surface area contributed by atoms with Gasteiger partial charge in [0.05, 0.1) is 17.4 Å². The Hall–Kier alpha value is -2.31. The molecule has 31 heavy (non-hydrogen) atoms. The van der Waals surface area contributed by atoms with Crippen molar-refractivity contribution in [2.75, 3.05) is 27.7 Å². The lowest BCUT2D eigenvalue weighted by atomic mass is 9.83. The highest BCUT2D eigenvalue weighted by molar-refractivity contribution is 5.94. The summed E-state index contributed by atoms with van der Waals surface area (Å²) >= 11 is 0. The van der Waals surface area contributed by atoms with Crippen LogP contribution in [0.2, 0.25) is 0 Å². The van der Waals surface area contributed by atoms with E-state index in [1.54, 1.807) is 38.2 Å². The van der Waals surface area contributed by atoms with Gasteiger partial charge in [-0.05, 0) is 65.4 Å². The quantitative estimate of drug-likeness (QED) is 0.550. The topological polar surface area (TPSA) is 72.0 Å². The minimum absolute atomic E-state index is 0.00911. The van der Waals surface area contributed by atoms with E-state index in [9.17, 15) is 9.59 Å². The number of pyridine rings is 1. The Morgan fingerprint density at radius 2 is 1.68 bits per heavy atom. The average molecular weight is 436 g/mol. The molecule has 0 spiro atoms. The molecule has 1 unspecified atom stereocenters. The Kier molecular flexibility index (Phi) is 9.33. The number of hydrogen-bond donors (Lipinski definition) is 0. The minimum atomic E-state index is -0.488. The van der Waals surface area contributed by atoms with E-state index in [1.165, 1.54) is 4.90 Å². The van der Waals surface area contributed by atoms with Crippen LogP contribution in [0.4, 0.5) is 4.79 Å². The number of aromatic nitrogens is 1. The summed E-state index contributed by atoms with van der Waals surface area (Å²) in [6.45, 7) is 14.5. The van der Waals surface area contributed by atoms with Crippen LogP contribution in [-0.2, 0) is 4.74 Å². The van der Waals surface area contributed by atoms with Crippen molar-refractivity contribution in [1.82, 2.24) is 14.8 Å². The fraction of sp³-hybridized carbons (Fsp3) is 0.708. The summed E-state index contributed by atoms with van der Waals surface area (Å²) in [5, 5.41) is 0. The molecule has 1 atom stereocenters. The van der Waals surface area contributed by atoms with Crippen molar-refractivity contribution in [2.45, 2.75) is 79.4 Å². The first-order valence-corrected chi connectivity index (χ1v) is 10.9. The van der Waals surface area contributed by atoms with Gasteiger partial charge in [-0.25, -0.2) is 9.78 Å². The van der Waals surface area contributed by atoms with Gasteiger partial charge in [0, 0.05) is 33.8 Å². The van der Waals surface area contributed by atoms with Crippen LogP contribution in [-0.4, -0.2) is 66.2 Å². The maximum absolute atomic E-state index is 12.1. The number of ether oxygens (including phenoxy) is 2.